The van der Waals surface area contributed by atoms with Crippen molar-refractivity contribution in [2.75, 3.05) is 29.9 Å². The van der Waals surface area contributed by atoms with Crippen LogP contribution in [0.2, 0.25) is 18.6 Å². The summed E-state index contributed by atoms with van der Waals surface area (Å²) >= 11 is 0. The molecule has 0 saturated carbocycles. The number of fused-ring (bicyclic) bond motifs is 2. The lowest BCUT2D eigenvalue weighted by molar-refractivity contribution is -0.146. The van der Waals surface area contributed by atoms with Crippen LogP contribution >= 0.6 is 0 Å². The second-order valence-corrected chi connectivity index (χ2v) is 18.5. The van der Waals surface area contributed by atoms with E-state index >= 15 is 4.11 Å². The Morgan fingerprint density at radius 3 is 2.57 bits per heavy atom. The maximum atomic E-state index is 16.3. The number of nitrogens with zero attached hydrogens (tertiary/aromatic N) is 4. The maximum absolute atomic E-state index is 16.3. The van der Waals surface area contributed by atoms with E-state index in [1.807, 2.05) is 92.0 Å². The number of hydrogen-bond donors (Lipinski definition) is 3. The van der Waals surface area contributed by atoms with Gasteiger partial charge in [-0.05, 0) is 68.2 Å². The van der Waals surface area contributed by atoms with Crippen molar-refractivity contribution < 1.29 is 23.5 Å². The largest absolute Gasteiger partial charge is 0.395 e. The van der Waals surface area contributed by atoms with E-state index in [0.29, 0.717) is 31.7 Å². The Balaban J connectivity index is 1.09. The molecule has 12 heteroatoms. The molecule has 4 aromatic rings. The normalized spacial score (nSPS) is 25.3. The fourth-order valence-corrected chi connectivity index (χ4v) is 11.1. The Kier molecular flexibility index (Phi) is 9.94. The molecule has 268 valence electrons. The molecule has 2 saturated heterocycles. The summed E-state index contributed by atoms with van der Waals surface area (Å²) in [7, 11) is -3.34. The molecule has 7 rings (SSSR count). The zero-order chi connectivity index (χ0) is 35.8. The lowest BCUT2D eigenvalue weighted by atomic mass is 9.82. The van der Waals surface area contributed by atoms with Crippen LogP contribution in [0.3, 0.4) is 0 Å². The molecule has 10 nitrogen and oxygen atoms in total. The average molecular weight is 711 g/mol. The van der Waals surface area contributed by atoms with Crippen molar-refractivity contribution in [3.05, 3.63) is 107 Å². The van der Waals surface area contributed by atoms with Crippen molar-refractivity contribution >= 4 is 31.6 Å². The van der Waals surface area contributed by atoms with Crippen molar-refractivity contribution in [3.63, 3.8) is 0 Å². The molecule has 0 bridgehead atoms. The first-order valence-corrected chi connectivity index (χ1v) is 21.0. The minimum atomic E-state index is -3.34. The number of piperidine rings is 1. The quantitative estimate of drug-likeness (QED) is 0.134. The molecule has 0 aliphatic carbocycles. The third kappa shape index (κ3) is 6.77. The van der Waals surface area contributed by atoms with Gasteiger partial charge in [-0.3, -0.25) is 14.3 Å². The van der Waals surface area contributed by atoms with Gasteiger partial charge in [-0.1, -0.05) is 72.8 Å². The number of aliphatic hydroxyl groups excluding tert-OH is 1. The first-order valence-electron chi connectivity index (χ1n) is 18.0. The van der Waals surface area contributed by atoms with Crippen molar-refractivity contribution in [2.45, 2.75) is 75.5 Å². The van der Waals surface area contributed by atoms with Gasteiger partial charge in [-0.25, -0.2) is 0 Å². The molecule has 6 atom stereocenters. The second kappa shape index (κ2) is 14.4. The van der Waals surface area contributed by atoms with Crippen molar-refractivity contribution in [3.8, 4) is 0 Å². The predicted octanol–water partition coefficient (Wildman–Crippen LogP) is 5.75. The van der Waals surface area contributed by atoms with Gasteiger partial charge in [0.05, 0.1) is 42.5 Å². The number of nitrogens with one attached hydrogen (secondary N) is 2. The molecule has 3 aliphatic heterocycles. The lowest BCUT2D eigenvalue weighted by Crippen LogP contribution is -2.45. The van der Waals surface area contributed by atoms with Gasteiger partial charge in [-0.2, -0.15) is 0 Å². The lowest BCUT2D eigenvalue weighted by Gasteiger charge is -2.31. The van der Waals surface area contributed by atoms with E-state index in [-0.39, 0.29) is 30.3 Å². The number of aromatic nitrogens is 3. The molecule has 1 aromatic heterocycles. The van der Waals surface area contributed by atoms with E-state index in [2.05, 4.69) is 20.9 Å². The highest BCUT2D eigenvalue weighted by Crippen LogP contribution is 2.60. The van der Waals surface area contributed by atoms with Crippen molar-refractivity contribution in [2.24, 2.45) is 11.8 Å². The Morgan fingerprint density at radius 1 is 1.12 bits per heavy atom. The minimum Gasteiger partial charge on any atom is -0.395 e. The van der Waals surface area contributed by atoms with E-state index < -0.39 is 31.6 Å². The summed E-state index contributed by atoms with van der Waals surface area (Å²) in [6.07, 6.45) is 3.63. The van der Waals surface area contributed by atoms with E-state index in [1.54, 1.807) is 22.7 Å². The number of hydrogen-bond acceptors (Lipinski definition) is 7. The molecule has 3 aliphatic rings. The number of ether oxygens (including phenoxy) is 1. The first kappa shape index (κ1) is 35.2. The summed E-state index contributed by atoms with van der Waals surface area (Å²) in [5.41, 5.74) is 3.03. The number of carbonyl (C=O) groups excluding carboxylic acids is 2. The topological polar surface area (TPSA) is 122 Å². The number of anilines is 2. The van der Waals surface area contributed by atoms with Gasteiger partial charge >= 0.3 is 0 Å². The van der Waals surface area contributed by atoms with E-state index in [0.717, 1.165) is 47.5 Å². The molecule has 2 unspecified atom stereocenters. The molecule has 0 radical (unpaired) electrons. The molecule has 51 heavy (non-hydrogen) atoms. The molecule has 3 N–H and O–H groups in total. The molecule has 4 heterocycles. The number of para-hydroxylation sites is 1. The summed E-state index contributed by atoms with van der Waals surface area (Å²) in [4.78, 5) is 29.2. The van der Waals surface area contributed by atoms with Gasteiger partial charge in [0.1, 0.15) is 0 Å². The van der Waals surface area contributed by atoms with Gasteiger partial charge in [0.15, 0.2) is 5.60 Å². The summed E-state index contributed by atoms with van der Waals surface area (Å²) in [5.74, 6) is -0.909. The van der Waals surface area contributed by atoms with Crippen LogP contribution in [-0.4, -0.2) is 66.1 Å². The van der Waals surface area contributed by atoms with Gasteiger partial charge < -0.3 is 29.5 Å². The van der Waals surface area contributed by atoms with Crippen LogP contribution < -0.4 is 15.5 Å². The maximum Gasteiger partial charge on any atom is 0.264 e. The van der Waals surface area contributed by atoms with E-state index in [4.69, 9.17) is 4.74 Å². The molecule has 3 aromatic carbocycles. The standard InChI is InChI=1S/C39H47FN6O4Si/c1-26-36(51(2,3)40)35(19-21-45-24-33(43-44-45)31(25-47)28-10-5-4-6-11-28)50-39(26)32-13-7-8-14-34(32)46(38(39)49)23-27-15-17-30(18-16-27)42-37(48)29-12-9-20-41-22-29/h4-8,10-11,13-18,24,26,29,31,35-36,41,47H,9,12,19-23,25H2,1-3H3,(H,42,48)/t26-,29?,31?,35+,36-,39+/m1/s1. The van der Waals surface area contributed by atoms with Crippen LogP contribution in [0, 0.1) is 11.8 Å². The van der Waals surface area contributed by atoms with Crippen LogP contribution in [-0.2, 0) is 33.0 Å². The summed E-state index contributed by atoms with van der Waals surface area (Å²) in [6, 6.07) is 25.0. The molecular formula is C39H47FN6O4Si. The number of halogens is 1. The Bertz CT molecular complexity index is 1840. The van der Waals surface area contributed by atoms with Crippen LogP contribution in [0.1, 0.15) is 54.5 Å². The number of amides is 2. The van der Waals surface area contributed by atoms with E-state index in [1.165, 1.54) is 0 Å². The second-order valence-electron chi connectivity index (χ2n) is 14.7. The minimum absolute atomic E-state index is 0.0159. The van der Waals surface area contributed by atoms with Gasteiger partial charge in [-0.15, -0.1) is 5.10 Å². The Labute approximate surface area is 299 Å². The fraction of sp³-hybridized carbons (Fsp3) is 0.436. The number of aliphatic hydroxyl groups is 1. The van der Waals surface area contributed by atoms with Gasteiger partial charge in [0.25, 0.3) is 5.91 Å². The van der Waals surface area contributed by atoms with Gasteiger partial charge in [0.2, 0.25) is 14.3 Å². The predicted molar refractivity (Wildman–Crippen MR) is 196 cm³/mol. The highest BCUT2D eigenvalue weighted by atomic mass is 28.4. The smallest absolute Gasteiger partial charge is 0.264 e. The van der Waals surface area contributed by atoms with Crippen LogP contribution in [0.25, 0.3) is 0 Å². The Hall–Kier alpha value is -4.23. The SMILES string of the molecule is C[C@@H]1[C@@H]([Si](C)(C)F)[C@H](CCn2cc(C(CO)c3ccccc3)nn2)O[C@@]12C(=O)N(Cc1ccc(NC(=O)C3CCCNC3)cc1)c1ccccc12. The molecule has 1 spiro atoms. The van der Waals surface area contributed by atoms with Crippen LogP contribution in [0.4, 0.5) is 15.5 Å². The molecule has 2 amide bonds. The van der Waals surface area contributed by atoms with Gasteiger partial charge in [0, 0.05) is 42.0 Å². The third-order valence-corrected chi connectivity index (χ3v) is 13.5. The van der Waals surface area contributed by atoms with Crippen LogP contribution in [0.15, 0.2) is 85.1 Å². The summed E-state index contributed by atoms with van der Waals surface area (Å²) in [5, 5.41) is 25.2. The Morgan fingerprint density at radius 2 is 1.86 bits per heavy atom. The molecular weight excluding hydrogens is 664 g/mol. The van der Waals surface area contributed by atoms with Crippen molar-refractivity contribution in [1.29, 1.82) is 0 Å². The monoisotopic (exact) mass is 710 g/mol. The number of aryl methyl sites for hydroxylation is 1. The number of carbonyl (C=O) groups is 2. The molecule has 2 fully saturated rings. The number of benzene rings is 3. The van der Waals surface area contributed by atoms with Crippen LogP contribution in [0.5, 0.6) is 0 Å². The fourth-order valence-electron chi connectivity index (χ4n) is 8.52. The summed E-state index contributed by atoms with van der Waals surface area (Å²) < 4.78 is 25.0. The zero-order valence-corrected chi connectivity index (χ0v) is 30.5. The van der Waals surface area contributed by atoms with E-state index in [9.17, 15) is 14.7 Å². The van der Waals surface area contributed by atoms with Crippen molar-refractivity contribution in [1.82, 2.24) is 20.3 Å². The third-order valence-electron chi connectivity index (χ3n) is 11.0. The summed E-state index contributed by atoms with van der Waals surface area (Å²) in [6.45, 7) is 7.65. The zero-order valence-electron chi connectivity index (χ0n) is 29.5. The highest BCUT2D eigenvalue weighted by molar-refractivity contribution is 6.72. The number of rotatable bonds is 11. The highest BCUT2D eigenvalue weighted by Gasteiger charge is 2.66. The first-order chi connectivity index (χ1) is 24.6. The average Bonchev–Trinajstić information content (AvgIpc) is 3.79.